The number of nitrogens with two attached hydrogens (primary N) is 1. The van der Waals surface area contributed by atoms with Gasteiger partial charge in [0.25, 0.3) is 11.8 Å². The first kappa shape index (κ1) is 43.8. The number of benzene rings is 4. The third-order valence-electron chi connectivity index (χ3n) is 10.4. The molecule has 7 N–H and O–H groups in total. The number of aryl methyl sites for hydroxylation is 1. The number of ether oxygens (including phenoxy) is 4. The van der Waals surface area contributed by atoms with Crippen LogP contribution in [0, 0.1) is 6.92 Å². The van der Waals surface area contributed by atoms with Crippen molar-refractivity contribution in [2.75, 3.05) is 43.0 Å². The van der Waals surface area contributed by atoms with E-state index in [2.05, 4.69) is 21.9 Å². The van der Waals surface area contributed by atoms with Crippen LogP contribution in [0.25, 0.3) is 21.7 Å². The summed E-state index contributed by atoms with van der Waals surface area (Å²) in [5.74, 6) is 5.72. The number of nitrogens with one attached hydrogen (secondary N) is 2. The zero-order valence-corrected chi connectivity index (χ0v) is 34.8. The fourth-order valence-electron chi connectivity index (χ4n) is 7.43. The topological polar surface area (TPSA) is 198 Å². The lowest BCUT2D eigenvalue weighted by Crippen LogP contribution is -2.51. The number of H-pyrrole nitrogens is 1. The smallest absolute Gasteiger partial charge is 0.274 e. The first-order chi connectivity index (χ1) is 28.1. The van der Waals surface area contributed by atoms with Crippen molar-refractivity contribution in [1.82, 2.24) is 4.98 Å². The number of alkyl halides is 1. The third kappa shape index (κ3) is 9.83. The lowest BCUT2D eigenvalue weighted by Gasteiger charge is -2.36. The molecule has 2 aliphatic heterocycles. The number of hydrogen-bond acceptors (Lipinski definition) is 11. The summed E-state index contributed by atoms with van der Waals surface area (Å²) in [7, 11) is 0. The van der Waals surface area contributed by atoms with Crippen LogP contribution in [0.5, 0.6) is 11.5 Å². The number of carbonyl (C=O) groups excluding carboxylic acids is 2. The summed E-state index contributed by atoms with van der Waals surface area (Å²) < 4.78 is 24.2. The Morgan fingerprint density at radius 2 is 1.75 bits per heavy atom. The largest absolute Gasteiger partial charge is 0.485 e. The molecule has 1 fully saturated rings. The number of aliphatic hydroxyl groups excluding tert-OH is 3. The van der Waals surface area contributed by atoms with E-state index in [0.717, 1.165) is 32.8 Å². The average Bonchev–Trinajstić information content (AvgIpc) is 3.84. The van der Waals surface area contributed by atoms with Crippen LogP contribution < -0.4 is 25.6 Å². The van der Waals surface area contributed by atoms with Gasteiger partial charge in [-0.2, -0.15) is 0 Å². The molecule has 4 aromatic carbocycles. The van der Waals surface area contributed by atoms with Gasteiger partial charge in [0.2, 0.25) is 6.29 Å². The van der Waals surface area contributed by atoms with Crippen molar-refractivity contribution in [3.05, 3.63) is 95.2 Å². The number of amides is 2. The molecule has 0 aliphatic carbocycles. The van der Waals surface area contributed by atoms with Crippen molar-refractivity contribution < 1.29 is 48.7 Å². The number of hydrogen-bond donors (Lipinski definition) is 6. The predicted molar refractivity (Wildman–Crippen MR) is 226 cm³/mol. The molecule has 1 aromatic heterocycles. The molecule has 316 valence electrons. The van der Waals surface area contributed by atoms with Crippen LogP contribution in [-0.4, -0.2) is 101 Å². The van der Waals surface area contributed by atoms with E-state index in [1.54, 1.807) is 41.3 Å². The minimum absolute atomic E-state index is 0.00448. The summed E-state index contributed by atoms with van der Waals surface area (Å²) in [6.07, 6.45) is -2.17. The highest BCUT2D eigenvalue weighted by Gasteiger charge is 2.38. The van der Waals surface area contributed by atoms with Crippen molar-refractivity contribution >= 4 is 56.5 Å². The Labute approximate surface area is 348 Å². The van der Waals surface area contributed by atoms with E-state index >= 15 is 0 Å². The summed E-state index contributed by atoms with van der Waals surface area (Å²) in [6.45, 7) is 10.1. The Bertz CT molecular complexity index is 2280. The van der Waals surface area contributed by atoms with Crippen LogP contribution in [0.1, 0.15) is 66.1 Å². The lowest BCUT2D eigenvalue weighted by molar-refractivity contribution is -0.229. The van der Waals surface area contributed by atoms with Crippen molar-refractivity contribution in [3.8, 4) is 11.5 Å². The molecule has 0 saturated carbocycles. The van der Waals surface area contributed by atoms with Crippen LogP contribution in [0.3, 0.4) is 0 Å². The van der Waals surface area contributed by atoms with E-state index in [4.69, 9.17) is 29.7 Å². The third-order valence-corrected chi connectivity index (χ3v) is 10.4. The Balaban J connectivity index is 0.00000288. The molecule has 2 amide bonds. The Morgan fingerprint density at radius 3 is 2.46 bits per heavy atom. The van der Waals surface area contributed by atoms with Gasteiger partial charge in [0.1, 0.15) is 35.0 Å². The number of carbonyl (C=O) groups is 2. The molecule has 0 bridgehead atoms. The lowest BCUT2D eigenvalue weighted by atomic mass is 9.97. The molecule has 3 heterocycles. The number of fused-ring (bicyclic) bond motifs is 4. The summed E-state index contributed by atoms with van der Waals surface area (Å²) in [5.41, 5.74) is 3.63. The monoisotopic (exact) mass is 832 g/mol. The maximum atomic E-state index is 14.2. The average molecular weight is 833 g/mol. The second-order valence-electron chi connectivity index (χ2n) is 16.0. The van der Waals surface area contributed by atoms with Gasteiger partial charge in [-0.1, -0.05) is 18.2 Å². The van der Waals surface area contributed by atoms with Gasteiger partial charge in [-0.25, -0.2) is 5.90 Å². The highest BCUT2D eigenvalue weighted by atomic mass is 35.5. The number of aliphatic hydroxyl groups is 3. The van der Waals surface area contributed by atoms with E-state index in [1.165, 1.54) is 6.38 Å². The first-order valence-corrected chi connectivity index (χ1v) is 20.1. The minimum atomic E-state index is -1.23. The van der Waals surface area contributed by atoms with Crippen molar-refractivity contribution in [3.63, 3.8) is 0 Å². The fourth-order valence-corrected chi connectivity index (χ4v) is 7.43. The Kier molecular flexibility index (Phi) is 13.5. The molecule has 1 saturated heterocycles. The van der Waals surface area contributed by atoms with Crippen molar-refractivity contribution in [2.45, 2.75) is 83.3 Å². The zero-order chi connectivity index (χ0) is 42.6. The summed E-state index contributed by atoms with van der Waals surface area (Å²) in [4.78, 5) is 37.1. The molecule has 14 nitrogen and oxygen atoms in total. The maximum absolute atomic E-state index is 14.2. The molecule has 0 radical (unpaired) electrons. The van der Waals surface area contributed by atoms with Gasteiger partial charge in [0, 0.05) is 53.0 Å². The quantitative estimate of drug-likeness (QED) is 0.0602. The van der Waals surface area contributed by atoms with Crippen molar-refractivity contribution in [2.24, 2.45) is 5.90 Å². The number of aromatic nitrogens is 1. The molecule has 0 spiro atoms. The number of halogens is 1. The molecule has 5 aromatic rings. The van der Waals surface area contributed by atoms with Gasteiger partial charge in [-0.3, -0.25) is 9.59 Å². The Hall–Kier alpha value is -4.77. The van der Waals surface area contributed by atoms with Gasteiger partial charge < -0.3 is 54.3 Å². The van der Waals surface area contributed by atoms with Gasteiger partial charge >= 0.3 is 0 Å². The molecule has 2 aliphatic rings. The summed E-state index contributed by atoms with van der Waals surface area (Å²) in [6, 6.07) is 21.7. The Morgan fingerprint density at radius 1 is 1.00 bits per heavy atom. The van der Waals surface area contributed by atoms with Crippen LogP contribution >= 0.6 is 11.6 Å². The number of aromatic amines is 1. The van der Waals surface area contributed by atoms with E-state index in [0.29, 0.717) is 53.7 Å². The molecule has 3 unspecified atom stereocenters. The predicted octanol–water partition coefficient (Wildman–Crippen LogP) is 5.99. The second kappa shape index (κ2) is 18.2. The number of nitrogens with zero attached hydrogens (tertiary/aromatic N) is 1. The van der Waals surface area contributed by atoms with Crippen LogP contribution in [0.4, 0.5) is 11.4 Å². The maximum Gasteiger partial charge on any atom is 0.274 e. The molecule has 59 heavy (non-hydrogen) atoms. The van der Waals surface area contributed by atoms with E-state index in [1.807, 2.05) is 71.0 Å². The molecule has 7 rings (SSSR count). The normalized spacial score (nSPS) is 19.3. The SMILES string of the molecule is CCl.Cc1cccc2c(OC3CC(O)[C@@H](O)C(CO)O3)cc3c(c12)CCN3C(=O)c1cc2cc(NC(=O)c3ccc(OC(C)(C)COC(C)(C)CON)cc3)ccc2[nH]1. The van der Waals surface area contributed by atoms with Crippen LogP contribution in [0.15, 0.2) is 72.8 Å². The second-order valence-corrected chi connectivity index (χ2v) is 16.0. The van der Waals surface area contributed by atoms with Gasteiger partial charge in [-0.05, 0) is 106 Å². The number of rotatable bonds is 13. The van der Waals surface area contributed by atoms with Gasteiger partial charge in [-0.15, -0.1) is 11.6 Å². The first-order valence-electron chi connectivity index (χ1n) is 19.4. The highest BCUT2D eigenvalue weighted by Crippen LogP contribution is 2.43. The number of anilines is 2. The van der Waals surface area contributed by atoms with E-state index in [9.17, 15) is 24.9 Å². The summed E-state index contributed by atoms with van der Waals surface area (Å²) >= 11 is 4.64. The molecule has 4 atom stereocenters. The van der Waals surface area contributed by atoms with Crippen LogP contribution in [-0.2, 0) is 20.7 Å². The molecule has 15 heteroatoms. The molecular weight excluding hydrogens is 780 g/mol. The van der Waals surface area contributed by atoms with Crippen LogP contribution in [0.2, 0.25) is 0 Å². The highest BCUT2D eigenvalue weighted by molar-refractivity contribution is 6.15. The van der Waals surface area contributed by atoms with Gasteiger partial charge in [0.05, 0.1) is 37.2 Å². The van der Waals surface area contributed by atoms with Crippen molar-refractivity contribution in [1.29, 1.82) is 0 Å². The molecular formula is C44H53ClN4O10. The zero-order valence-electron chi connectivity index (χ0n) is 34.1. The minimum Gasteiger partial charge on any atom is -0.485 e. The standard InChI is InChI=1S/C43H50N4O10.CH3Cl/c1-24-7-6-8-30-35(55-37-20-34(49)39(50)36(21-48)56-37)19-33-29(38(24)30)15-16-47(33)41(52)32-18-26-17-27(11-14-31(26)46-32)45-40(51)25-9-12-28(13-10-25)57-43(4,5)22-53-42(2,3)23-54-44;1-2/h6-14,17-19,34,36-37,39,46,48-50H,15-16,20-23,44H2,1-5H3,(H,45,51);1H3/t34?,36?,37?,39-;/m1./s1. The van der Waals surface area contributed by atoms with E-state index in [-0.39, 0.29) is 24.8 Å². The summed E-state index contributed by atoms with van der Waals surface area (Å²) in [5, 5.41) is 35.9. The van der Waals surface area contributed by atoms with E-state index < -0.39 is 42.4 Å². The van der Waals surface area contributed by atoms with Gasteiger partial charge in [0.15, 0.2) is 0 Å². The fraction of sp³-hybridized carbons (Fsp3) is 0.409.